The molecular formula is C8H7O2. The van der Waals surface area contributed by atoms with Gasteiger partial charge in [-0.25, -0.2) is 0 Å². The summed E-state index contributed by atoms with van der Waals surface area (Å²) in [6.07, 6.45) is 0. The van der Waals surface area contributed by atoms with Crippen LogP contribution < -0.4 is 0 Å². The van der Waals surface area contributed by atoms with E-state index >= 15 is 0 Å². The fourth-order valence-electron chi connectivity index (χ4n) is 0.648. The van der Waals surface area contributed by atoms with Crippen LogP contribution in [-0.4, -0.2) is 6.47 Å². The summed E-state index contributed by atoms with van der Waals surface area (Å²) in [5, 5.41) is 0. The molecule has 0 bridgehead atoms. The summed E-state index contributed by atoms with van der Waals surface area (Å²) in [5.74, 6) is 0. The third kappa shape index (κ3) is 1.90. The molecule has 0 atom stereocenters. The fourth-order valence-corrected chi connectivity index (χ4v) is 0.648. The Labute approximate surface area is 59.4 Å². The van der Waals surface area contributed by atoms with E-state index in [-0.39, 0.29) is 0 Å². The Bertz CT molecular complexity index is 194. The van der Waals surface area contributed by atoms with E-state index in [1.807, 2.05) is 12.1 Å². The molecule has 0 amide bonds. The lowest BCUT2D eigenvalue weighted by Crippen LogP contribution is -1.88. The van der Waals surface area contributed by atoms with Gasteiger partial charge in [0.25, 0.3) is 6.47 Å². The van der Waals surface area contributed by atoms with Crippen molar-refractivity contribution in [2.45, 2.75) is 6.61 Å². The highest BCUT2D eigenvalue weighted by molar-refractivity contribution is 5.37. The second-order valence-electron chi connectivity index (χ2n) is 1.82. The van der Waals surface area contributed by atoms with Gasteiger partial charge in [-0.2, -0.15) is 0 Å². The van der Waals surface area contributed by atoms with Crippen LogP contribution in [0, 0.1) is 6.07 Å². The van der Waals surface area contributed by atoms with Gasteiger partial charge < -0.3 is 4.74 Å². The minimum atomic E-state index is 0.345. The standard InChI is InChI=1S/C8H7O2/c9-7-10-6-8-4-2-1-3-5-8/h2-5,7H,6H2. The number of carbonyl (C=O) groups is 1. The minimum Gasteiger partial charge on any atom is -0.463 e. The van der Waals surface area contributed by atoms with Crippen molar-refractivity contribution >= 4 is 6.47 Å². The van der Waals surface area contributed by atoms with Crippen molar-refractivity contribution in [3.8, 4) is 0 Å². The first-order valence-electron chi connectivity index (χ1n) is 2.94. The van der Waals surface area contributed by atoms with E-state index in [9.17, 15) is 4.79 Å². The van der Waals surface area contributed by atoms with Crippen molar-refractivity contribution in [3.63, 3.8) is 0 Å². The molecule has 0 N–H and O–H groups in total. The van der Waals surface area contributed by atoms with E-state index in [0.29, 0.717) is 13.1 Å². The second-order valence-corrected chi connectivity index (χ2v) is 1.82. The quantitative estimate of drug-likeness (QED) is 0.581. The molecule has 0 saturated carbocycles. The largest absolute Gasteiger partial charge is 0.463 e. The maximum absolute atomic E-state index is 9.75. The van der Waals surface area contributed by atoms with Crippen LogP contribution in [0.25, 0.3) is 0 Å². The first-order chi connectivity index (χ1) is 4.93. The topological polar surface area (TPSA) is 26.3 Å². The molecule has 0 fully saturated rings. The summed E-state index contributed by atoms with van der Waals surface area (Å²) >= 11 is 0. The van der Waals surface area contributed by atoms with Crippen LogP contribution in [0.3, 0.4) is 0 Å². The molecule has 1 aromatic rings. The van der Waals surface area contributed by atoms with Crippen molar-refractivity contribution < 1.29 is 9.53 Å². The van der Waals surface area contributed by atoms with Crippen molar-refractivity contribution in [1.29, 1.82) is 0 Å². The molecule has 0 aliphatic carbocycles. The van der Waals surface area contributed by atoms with Crippen molar-refractivity contribution in [3.05, 3.63) is 35.9 Å². The third-order valence-corrected chi connectivity index (χ3v) is 1.11. The van der Waals surface area contributed by atoms with E-state index in [0.717, 1.165) is 5.56 Å². The molecule has 0 aromatic heterocycles. The molecule has 0 saturated heterocycles. The molecule has 0 aliphatic rings. The molecule has 2 heteroatoms. The maximum atomic E-state index is 9.75. The average molecular weight is 135 g/mol. The van der Waals surface area contributed by atoms with Crippen LogP contribution in [0.2, 0.25) is 0 Å². The van der Waals surface area contributed by atoms with Gasteiger partial charge in [-0.05, 0) is 11.6 Å². The molecule has 0 spiro atoms. The van der Waals surface area contributed by atoms with Gasteiger partial charge in [-0.1, -0.05) is 24.3 Å². The van der Waals surface area contributed by atoms with Gasteiger partial charge in [-0.15, -0.1) is 0 Å². The second kappa shape index (κ2) is 3.67. The van der Waals surface area contributed by atoms with Crippen molar-refractivity contribution in [2.75, 3.05) is 0 Å². The predicted octanol–water partition coefficient (Wildman–Crippen LogP) is 1.16. The lowest BCUT2D eigenvalue weighted by atomic mass is 10.2. The Kier molecular flexibility index (Phi) is 2.49. The Hall–Kier alpha value is -1.31. The van der Waals surface area contributed by atoms with Gasteiger partial charge in [0.1, 0.15) is 6.61 Å². The van der Waals surface area contributed by atoms with E-state index in [1.165, 1.54) is 0 Å². The normalized spacial score (nSPS) is 8.80. The summed E-state index contributed by atoms with van der Waals surface area (Å²) in [6, 6.07) is 10.1. The molecule has 1 aromatic carbocycles. The lowest BCUT2D eigenvalue weighted by Gasteiger charge is -1.95. The first-order valence-corrected chi connectivity index (χ1v) is 2.94. The van der Waals surface area contributed by atoms with Gasteiger partial charge >= 0.3 is 0 Å². The molecule has 51 valence electrons. The number of benzene rings is 1. The van der Waals surface area contributed by atoms with E-state index < -0.39 is 0 Å². The van der Waals surface area contributed by atoms with Crippen molar-refractivity contribution in [1.82, 2.24) is 0 Å². The van der Waals surface area contributed by atoms with Crippen LogP contribution in [0.1, 0.15) is 5.56 Å². The summed E-state index contributed by atoms with van der Waals surface area (Å²) in [7, 11) is 0. The van der Waals surface area contributed by atoms with Gasteiger partial charge in [0.2, 0.25) is 0 Å². The van der Waals surface area contributed by atoms with Gasteiger partial charge in [0, 0.05) is 0 Å². The summed E-state index contributed by atoms with van der Waals surface area (Å²) < 4.78 is 4.53. The van der Waals surface area contributed by atoms with Crippen LogP contribution in [0.4, 0.5) is 0 Å². The SMILES string of the molecule is O=COCc1cc[c]cc1. The van der Waals surface area contributed by atoms with Crippen LogP contribution >= 0.6 is 0 Å². The Balaban J connectivity index is 2.50. The molecule has 1 radical (unpaired) electrons. The average Bonchev–Trinajstić information content (AvgIpc) is 2.03. The number of hydrogen-bond acceptors (Lipinski definition) is 2. The highest BCUT2D eigenvalue weighted by atomic mass is 16.5. The molecule has 0 heterocycles. The highest BCUT2D eigenvalue weighted by Crippen LogP contribution is 1.97. The monoisotopic (exact) mass is 135 g/mol. The van der Waals surface area contributed by atoms with Crippen LogP contribution in [-0.2, 0) is 16.1 Å². The van der Waals surface area contributed by atoms with E-state index in [1.54, 1.807) is 12.1 Å². The minimum absolute atomic E-state index is 0.345. The number of ether oxygens (including phenoxy) is 1. The Morgan fingerprint density at radius 2 is 2.20 bits per heavy atom. The number of rotatable bonds is 3. The molecule has 0 unspecified atom stereocenters. The summed E-state index contributed by atoms with van der Waals surface area (Å²) in [4.78, 5) is 9.75. The zero-order valence-electron chi connectivity index (χ0n) is 5.41. The zero-order valence-corrected chi connectivity index (χ0v) is 5.41. The van der Waals surface area contributed by atoms with E-state index in [4.69, 9.17) is 0 Å². The van der Waals surface area contributed by atoms with Gasteiger partial charge in [0.05, 0.1) is 0 Å². The first kappa shape index (κ1) is 6.81. The highest BCUT2D eigenvalue weighted by Gasteiger charge is 1.87. The lowest BCUT2D eigenvalue weighted by molar-refractivity contribution is -0.129. The molecule has 2 nitrogen and oxygen atoms in total. The van der Waals surface area contributed by atoms with Crippen LogP contribution in [0.15, 0.2) is 24.3 Å². The zero-order chi connectivity index (χ0) is 7.23. The number of carbonyl (C=O) groups excluding carboxylic acids is 1. The van der Waals surface area contributed by atoms with Gasteiger partial charge in [0.15, 0.2) is 0 Å². The van der Waals surface area contributed by atoms with Crippen LogP contribution in [0.5, 0.6) is 0 Å². The van der Waals surface area contributed by atoms with Gasteiger partial charge in [-0.3, -0.25) is 4.79 Å². The Morgan fingerprint density at radius 3 is 2.80 bits per heavy atom. The third-order valence-electron chi connectivity index (χ3n) is 1.11. The van der Waals surface area contributed by atoms with Crippen molar-refractivity contribution in [2.24, 2.45) is 0 Å². The van der Waals surface area contributed by atoms with E-state index in [2.05, 4.69) is 10.8 Å². The molecular weight excluding hydrogens is 128 g/mol. The molecule has 0 aliphatic heterocycles. The molecule has 10 heavy (non-hydrogen) atoms. The number of hydrogen-bond donors (Lipinski definition) is 0. The molecule has 1 rings (SSSR count). The summed E-state index contributed by atoms with van der Waals surface area (Å²) in [5.41, 5.74) is 0.978. The Morgan fingerprint density at radius 1 is 1.50 bits per heavy atom. The fraction of sp³-hybridized carbons (Fsp3) is 0.125. The predicted molar refractivity (Wildman–Crippen MR) is 36.1 cm³/mol. The summed E-state index contributed by atoms with van der Waals surface area (Å²) in [6.45, 7) is 0.787. The maximum Gasteiger partial charge on any atom is 0.293 e. The smallest absolute Gasteiger partial charge is 0.293 e.